The predicted octanol–water partition coefficient (Wildman–Crippen LogP) is 3.32. The van der Waals surface area contributed by atoms with Gasteiger partial charge in [-0.15, -0.1) is 11.8 Å². The van der Waals surface area contributed by atoms with E-state index in [4.69, 9.17) is 16.3 Å². The van der Waals surface area contributed by atoms with Gasteiger partial charge in [0.15, 0.2) is 6.10 Å². The van der Waals surface area contributed by atoms with E-state index in [2.05, 4.69) is 10.3 Å². The van der Waals surface area contributed by atoms with Crippen LogP contribution in [-0.2, 0) is 20.7 Å². The van der Waals surface area contributed by atoms with Crippen molar-refractivity contribution in [3.05, 3.63) is 53.2 Å². The molecule has 1 aromatic heterocycles. The van der Waals surface area contributed by atoms with E-state index in [9.17, 15) is 9.59 Å². The summed E-state index contributed by atoms with van der Waals surface area (Å²) >= 11 is 7.21. The first-order valence-electron chi connectivity index (χ1n) is 7.40. The van der Waals surface area contributed by atoms with E-state index in [1.54, 1.807) is 12.1 Å². The third-order valence-corrected chi connectivity index (χ3v) is 5.07. The molecule has 1 aliphatic rings. The van der Waals surface area contributed by atoms with Crippen LogP contribution in [0.4, 0.5) is 5.82 Å². The van der Waals surface area contributed by atoms with Crippen molar-refractivity contribution >= 4 is 41.1 Å². The van der Waals surface area contributed by atoms with Crippen LogP contribution in [0.15, 0.2) is 47.5 Å². The van der Waals surface area contributed by atoms with Crippen molar-refractivity contribution in [3.8, 4) is 0 Å². The highest BCUT2D eigenvalue weighted by atomic mass is 35.5. The van der Waals surface area contributed by atoms with Crippen molar-refractivity contribution in [2.75, 3.05) is 5.32 Å². The number of rotatable bonds is 4. The number of hydrogen-bond acceptors (Lipinski definition) is 5. The molecule has 1 aromatic carbocycles. The zero-order chi connectivity index (χ0) is 17.1. The second-order valence-corrected chi connectivity index (χ2v) is 7.03. The topological polar surface area (TPSA) is 68.3 Å². The van der Waals surface area contributed by atoms with Gasteiger partial charge in [-0.25, -0.2) is 4.98 Å². The van der Waals surface area contributed by atoms with Gasteiger partial charge in [0.1, 0.15) is 11.1 Å². The highest BCUT2D eigenvalue weighted by molar-refractivity contribution is 8.01. The summed E-state index contributed by atoms with van der Waals surface area (Å²) in [4.78, 5) is 29.4. The molecular formula is C17H15ClN2O3S. The fraction of sp³-hybridized carbons (Fsp3) is 0.235. The van der Waals surface area contributed by atoms with Gasteiger partial charge in [0.25, 0.3) is 5.91 Å². The minimum absolute atomic E-state index is 0.314. The molecule has 1 N–H and O–H groups in total. The molecule has 7 heteroatoms. The van der Waals surface area contributed by atoms with E-state index in [0.717, 1.165) is 10.5 Å². The number of thioether (sulfide) groups is 1. The van der Waals surface area contributed by atoms with Crippen LogP contribution in [0.2, 0.25) is 5.02 Å². The Bertz CT molecular complexity index is 742. The number of carbonyl (C=O) groups is 2. The third-order valence-electron chi connectivity index (χ3n) is 3.55. The second-order valence-electron chi connectivity index (χ2n) is 5.35. The molecule has 0 bridgehead atoms. The summed E-state index contributed by atoms with van der Waals surface area (Å²) in [5.41, 5.74) is 1.13. The molecule has 0 radical (unpaired) electrons. The number of carbonyl (C=O) groups excluding carboxylic acids is 2. The summed E-state index contributed by atoms with van der Waals surface area (Å²) in [5.74, 6) is -0.462. The van der Waals surface area contributed by atoms with Gasteiger partial charge in [0.2, 0.25) is 0 Å². The summed E-state index contributed by atoms with van der Waals surface area (Å²) < 4.78 is 5.30. The van der Waals surface area contributed by atoms with Crippen LogP contribution < -0.4 is 5.32 Å². The van der Waals surface area contributed by atoms with E-state index in [1.165, 1.54) is 24.9 Å². The molecule has 2 atom stereocenters. The zero-order valence-electron chi connectivity index (χ0n) is 12.9. The SMILES string of the molecule is C[C@H](OC(=O)[C@H]1Cc2ccccc2S1)C(=O)Nc1ccc(Cl)cn1. The summed E-state index contributed by atoms with van der Waals surface area (Å²) in [5, 5.41) is 2.75. The van der Waals surface area contributed by atoms with Crippen LogP contribution in [0, 0.1) is 0 Å². The number of nitrogens with zero attached hydrogens (tertiary/aromatic N) is 1. The second kappa shape index (κ2) is 7.23. The molecule has 1 aliphatic heterocycles. The Kier molecular flexibility index (Phi) is 5.06. The molecular weight excluding hydrogens is 348 g/mol. The predicted molar refractivity (Wildman–Crippen MR) is 93.2 cm³/mol. The molecule has 0 aliphatic carbocycles. The first kappa shape index (κ1) is 16.8. The monoisotopic (exact) mass is 362 g/mol. The molecule has 0 saturated heterocycles. The minimum atomic E-state index is -0.903. The normalized spacial score (nSPS) is 17.0. The summed E-state index contributed by atoms with van der Waals surface area (Å²) in [6, 6.07) is 11.1. The van der Waals surface area contributed by atoms with Gasteiger partial charge in [-0.3, -0.25) is 9.59 Å². The fourth-order valence-corrected chi connectivity index (χ4v) is 3.59. The lowest BCUT2D eigenvalue weighted by atomic mass is 10.1. The molecule has 2 aromatic rings. The van der Waals surface area contributed by atoms with Crippen LogP contribution >= 0.6 is 23.4 Å². The number of fused-ring (bicyclic) bond motifs is 1. The maximum absolute atomic E-state index is 12.3. The number of benzene rings is 1. The summed E-state index contributed by atoms with van der Waals surface area (Å²) in [6.07, 6.45) is 1.15. The van der Waals surface area contributed by atoms with Crippen LogP contribution in [0.3, 0.4) is 0 Å². The molecule has 0 fully saturated rings. The number of esters is 1. The molecule has 1 amide bonds. The number of halogens is 1. The Hall–Kier alpha value is -2.05. The van der Waals surface area contributed by atoms with E-state index in [1.807, 2.05) is 24.3 Å². The van der Waals surface area contributed by atoms with Crippen molar-refractivity contribution in [2.45, 2.75) is 29.6 Å². The van der Waals surface area contributed by atoms with Crippen LogP contribution in [-0.4, -0.2) is 28.2 Å². The van der Waals surface area contributed by atoms with Crippen LogP contribution in [0.1, 0.15) is 12.5 Å². The highest BCUT2D eigenvalue weighted by Crippen LogP contribution is 2.37. The van der Waals surface area contributed by atoms with Gasteiger partial charge in [-0.2, -0.15) is 0 Å². The van der Waals surface area contributed by atoms with Crippen molar-refractivity contribution in [2.24, 2.45) is 0 Å². The Balaban J connectivity index is 1.54. The van der Waals surface area contributed by atoms with Crippen molar-refractivity contribution in [3.63, 3.8) is 0 Å². The average molecular weight is 363 g/mol. The zero-order valence-corrected chi connectivity index (χ0v) is 14.4. The lowest BCUT2D eigenvalue weighted by Gasteiger charge is -2.15. The Morgan fingerprint density at radius 2 is 2.12 bits per heavy atom. The fourth-order valence-electron chi connectivity index (χ4n) is 2.29. The number of aromatic nitrogens is 1. The minimum Gasteiger partial charge on any atom is -0.452 e. The Morgan fingerprint density at radius 3 is 2.83 bits per heavy atom. The Morgan fingerprint density at radius 1 is 1.33 bits per heavy atom. The molecule has 0 unspecified atom stereocenters. The number of anilines is 1. The first-order chi connectivity index (χ1) is 11.5. The molecule has 124 valence electrons. The van der Waals surface area contributed by atoms with Crippen molar-refractivity contribution in [1.82, 2.24) is 4.98 Å². The maximum Gasteiger partial charge on any atom is 0.320 e. The van der Waals surface area contributed by atoms with Gasteiger partial charge in [-0.1, -0.05) is 29.8 Å². The van der Waals surface area contributed by atoms with Crippen molar-refractivity contribution in [1.29, 1.82) is 0 Å². The molecule has 0 saturated carbocycles. The number of amides is 1. The Labute approximate surface area is 148 Å². The van der Waals surface area contributed by atoms with E-state index in [0.29, 0.717) is 17.3 Å². The molecule has 0 spiro atoms. The number of hydrogen-bond donors (Lipinski definition) is 1. The maximum atomic E-state index is 12.3. The van der Waals surface area contributed by atoms with Gasteiger partial charge in [-0.05, 0) is 37.1 Å². The van der Waals surface area contributed by atoms with Crippen LogP contribution in [0.5, 0.6) is 0 Å². The number of pyridine rings is 1. The molecule has 5 nitrogen and oxygen atoms in total. The average Bonchev–Trinajstić information content (AvgIpc) is 3.01. The summed E-state index contributed by atoms with van der Waals surface area (Å²) in [7, 11) is 0. The van der Waals surface area contributed by atoms with Gasteiger partial charge < -0.3 is 10.1 Å². The molecule has 3 rings (SSSR count). The first-order valence-corrected chi connectivity index (χ1v) is 8.66. The molecule has 2 heterocycles. The quantitative estimate of drug-likeness (QED) is 0.845. The smallest absolute Gasteiger partial charge is 0.320 e. The van der Waals surface area contributed by atoms with Gasteiger partial charge >= 0.3 is 5.97 Å². The molecule has 24 heavy (non-hydrogen) atoms. The van der Waals surface area contributed by atoms with Crippen LogP contribution in [0.25, 0.3) is 0 Å². The van der Waals surface area contributed by atoms with Crippen molar-refractivity contribution < 1.29 is 14.3 Å². The summed E-state index contributed by atoms with van der Waals surface area (Å²) in [6.45, 7) is 1.54. The van der Waals surface area contributed by atoms with E-state index < -0.39 is 12.0 Å². The highest BCUT2D eigenvalue weighted by Gasteiger charge is 2.31. The van der Waals surface area contributed by atoms with E-state index in [-0.39, 0.29) is 11.2 Å². The van der Waals surface area contributed by atoms with Gasteiger partial charge in [0, 0.05) is 11.1 Å². The van der Waals surface area contributed by atoms with Gasteiger partial charge in [0.05, 0.1) is 5.02 Å². The largest absolute Gasteiger partial charge is 0.452 e. The number of nitrogens with one attached hydrogen (secondary N) is 1. The van der Waals surface area contributed by atoms with E-state index >= 15 is 0 Å². The third kappa shape index (κ3) is 3.88. The number of ether oxygens (including phenoxy) is 1. The lowest BCUT2D eigenvalue weighted by molar-refractivity contribution is -0.152. The standard InChI is InChI=1S/C17H15ClN2O3S/c1-10(16(21)20-15-7-6-12(18)9-19-15)23-17(22)14-8-11-4-2-3-5-13(11)24-14/h2-7,9-10,14H,8H2,1H3,(H,19,20,21)/t10-,14+/m0/s1. The lowest BCUT2D eigenvalue weighted by Crippen LogP contribution is -2.33.